The van der Waals surface area contributed by atoms with E-state index in [1.165, 1.54) is 13.0 Å². The van der Waals surface area contributed by atoms with Crippen molar-refractivity contribution in [1.29, 1.82) is 0 Å². The Labute approximate surface area is 147 Å². The Balaban J connectivity index is 2.78. The highest BCUT2D eigenvalue weighted by molar-refractivity contribution is 5.62. The molecule has 0 radical (unpaired) electrons. The largest absolute Gasteiger partial charge is 0.442 e. The quantitative estimate of drug-likeness (QED) is 0.542. The van der Waals surface area contributed by atoms with E-state index in [2.05, 4.69) is 0 Å². The first-order chi connectivity index (χ1) is 12.4. The molecule has 0 saturated heterocycles. The van der Waals surface area contributed by atoms with Crippen molar-refractivity contribution in [2.45, 2.75) is 13.1 Å². The molecular formula is C14H8F3N3O7. The maximum absolute atomic E-state index is 13.3. The van der Waals surface area contributed by atoms with Gasteiger partial charge in [-0.3, -0.25) is 30.3 Å². The van der Waals surface area contributed by atoms with Gasteiger partial charge in [-0.15, -0.1) is 0 Å². The first-order valence-electron chi connectivity index (χ1n) is 6.88. The maximum Gasteiger partial charge on any atom is 0.420 e. The van der Waals surface area contributed by atoms with E-state index >= 15 is 0 Å². The number of hydrogen-bond donors (Lipinski definition) is 0. The molecule has 27 heavy (non-hydrogen) atoms. The van der Waals surface area contributed by atoms with Gasteiger partial charge in [0.25, 0.3) is 5.69 Å². The van der Waals surface area contributed by atoms with Crippen LogP contribution in [0.15, 0.2) is 30.3 Å². The van der Waals surface area contributed by atoms with E-state index < -0.39 is 55.1 Å². The van der Waals surface area contributed by atoms with Crippen molar-refractivity contribution in [1.82, 2.24) is 0 Å². The van der Waals surface area contributed by atoms with Gasteiger partial charge in [-0.05, 0) is 18.6 Å². The van der Waals surface area contributed by atoms with Gasteiger partial charge in [0.05, 0.1) is 20.8 Å². The number of non-ortho nitro benzene ring substituents is 1. The van der Waals surface area contributed by atoms with Crippen molar-refractivity contribution in [2.75, 3.05) is 0 Å². The third-order valence-electron chi connectivity index (χ3n) is 3.29. The van der Waals surface area contributed by atoms with Crippen LogP contribution in [0.1, 0.15) is 11.1 Å². The van der Waals surface area contributed by atoms with Gasteiger partial charge in [-0.1, -0.05) is 6.07 Å². The van der Waals surface area contributed by atoms with Crippen LogP contribution in [0.25, 0.3) is 0 Å². The fraction of sp³-hybridized carbons (Fsp3) is 0.143. The van der Waals surface area contributed by atoms with Crippen LogP contribution in [0, 0.1) is 37.3 Å². The van der Waals surface area contributed by atoms with Crippen molar-refractivity contribution in [3.05, 3.63) is 71.8 Å². The molecule has 0 spiro atoms. The van der Waals surface area contributed by atoms with Crippen LogP contribution in [0.2, 0.25) is 0 Å². The van der Waals surface area contributed by atoms with Crippen LogP contribution in [-0.4, -0.2) is 14.8 Å². The van der Waals surface area contributed by atoms with E-state index in [1.807, 2.05) is 0 Å². The molecule has 2 rings (SSSR count). The predicted molar refractivity (Wildman–Crippen MR) is 82.7 cm³/mol. The average Bonchev–Trinajstić information content (AvgIpc) is 2.54. The summed E-state index contributed by atoms with van der Waals surface area (Å²) in [5.41, 5.74) is -4.68. The van der Waals surface area contributed by atoms with E-state index in [1.54, 1.807) is 0 Å². The summed E-state index contributed by atoms with van der Waals surface area (Å²) in [6.45, 7) is 1.48. The first kappa shape index (κ1) is 19.6. The molecule has 13 heteroatoms. The second kappa shape index (κ2) is 6.86. The molecule has 0 unspecified atom stereocenters. The number of halogens is 3. The number of nitro groups is 3. The minimum absolute atomic E-state index is 0.0579. The van der Waals surface area contributed by atoms with Gasteiger partial charge in [-0.25, -0.2) is 0 Å². The Morgan fingerprint density at radius 2 is 1.48 bits per heavy atom. The third-order valence-corrected chi connectivity index (χ3v) is 3.29. The third kappa shape index (κ3) is 4.08. The second-order valence-electron chi connectivity index (χ2n) is 5.18. The molecule has 0 atom stereocenters. The Morgan fingerprint density at radius 3 is 1.96 bits per heavy atom. The minimum atomic E-state index is -5.26. The second-order valence-corrected chi connectivity index (χ2v) is 5.18. The maximum atomic E-state index is 13.3. The fourth-order valence-corrected chi connectivity index (χ4v) is 2.12. The number of nitrogens with zero attached hydrogens (tertiary/aromatic N) is 3. The monoisotopic (exact) mass is 387 g/mol. The summed E-state index contributed by atoms with van der Waals surface area (Å²) >= 11 is 0. The molecule has 0 amide bonds. The first-order valence-corrected chi connectivity index (χ1v) is 6.88. The van der Waals surface area contributed by atoms with Gasteiger partial charge in [-0.2, -0.15) is 13.2 Å². The number of aryl methyl sites for hydroxylation is 1. The molecule has 0 saturated carbocycles. The smallest absolute Gasteiger partial charge is 0.420 e. The molecule has 2 aromatic carbocycles. The van der Waals surface area contributed by atoms with Crippen molar-refractivity contribution in [3.63, 3.8) is 0 Å². The number of ether oxygens (including phenoxy) is 1. The van der Waals surface area contributed by atoms with Crippen LogP contribution < -0.4 is 4.74 Å². The summed E-state index contributed by atoms with van der Waals surface area (Å²) in [6.07, 6.45) is -5.26. The summed E-state index contributed by atoms with van der Waals surface area (Å²) in [5.74, 6) is -2.07. The van der Waals surface area contributed by atoms with Crippen molar-refractivity contribution in [3.8, 4) is 11.5 Å². The van der Waals surface area contributed by atoms with E-state index in [0.717, 1.165) is 12.1 Å². The van der Waals surface area contributed by atoms with E-state index in [9.17, 15) is 43.5 Å². The summed E-state index contributed by atoms with van der Waals surface area (Å²) in [4.78, 5) is 29.5. The standard InChI is InChI=1S/C14H8F3N3O7/c1-7-2-3-12(10(4-7)19(23)24)27-13-9(14(15,16)17)5-8(18(21)22)6-11(13)20(25)26/h2-6H,1H3. The molecule has 10 nitrogen and oxygen atoms in total. The van der Waals surface area contributed by atoms with Gasteiger partial charge < -0.3 is 4.74 Å². The van der Waals surface area contributed by atoms with Gasteiger partial charge >= 0.3 is 17.6 Å². The van der Waals surface area contributed by atoms with Crippen LogP contribution >= 0.6 is 0 Å². The zero-order chi connectivity index (χ0) is 20.5. The molecule has 0 aliphatic rings. The zero-order valence-electron chi connectivity index (χ0n) is 13.2. The average molecular weight is 387 g/mol. The molecule has 0 bridgehead atoms. The lowest BCUT2D eigenvalue weighted by atomic mass is 10.1. The number of hydrogen-bond acceptors (Lipinski definition) is 7. The van der Waals surface area contributed by atoms with Crippen molar-refractivity contribution < 1.29 is 32.7 Å². The molecule has 0 heterocycles. The van der Waals surface area contributed by atoms with Crippen LogP contribution in [0.5, 0.6) is 11.5 Å². The van der Waals surface area contributed by atoms with E-state index in [4.69, 9.17) is 4.74 Å². The lowest BCUT2D eigenvalue weighted by Crippen LogP contribution is -2.10. The summed E-state index contributed by atoms with van der Waals surface area (Å²) in [5, 5.41) is 33.0. The van der Waals surface area contributed by atoms with Gasteiger partial charge in [0.15, 0.2) is 0 Å². The lowest BCUT2D eigenvalue weighted by Gasteiger charge is -2.14. The number of alkyl halides is 3. The van der Waals surface area contributed by atoms with Crippen LogP contribution in [-0.2, 0) is 6.18 Å². The van der Waals surface area contributed by atoms with Gasteiger partial charge in [0, 0.05) is 12.1 Å². The van der Waals surface area contributed by atoms with Crippen LogP contribution in [0.3, 0.4) is 0 Å². The summed E-state index contributed by atoms with van der Waals surface area (Å²) in [7, 11) is 0. The van der Waals surface area contributed by atoms with Crippen molar-refractivity contribution >= 4 is 17.1 Å². The highest BCUT2D eigenvalue weighted by Gasteiger charge is 2.41. The molecule has 0 aliphatic heterocycles. The Bertz CT molecular complexity index is 960. The Kier molecular flexibility index (Phi) is 4.96. The van der Waals surface area contributed by atoms with Gasteiger partial charge in [0.1, 0.15) is 5.56 Å². The zero-order valence-corrected chi connectivity index (χ0v) is 13.2. The van der Waals surface area contributed by atoms with E-state index in [0.29, 0.717) is 5.56 Å². The summed E-state index contributed by atoms with van der Waals surface area (Å²) in [6, 6.07) is 3.60. The Hall–Kier alpha value is -3.77. The summed E-state index contributed by atoms with van der Waals surface area (Å²) < 4.78 is 44.8. The topological polar surface area (TPSA) is 139 Å². The normalized spacial score (nSPS) is 11.1. The lowest BCUT2D eigenvalue weighted by molar-refractivity contribution is -0.395. The molecule has 0 aromatic heterocycles. The highest BCUT2D eigenvalue weighted by atomic mass is 19.4. The molecule has 0 N–H and O–H groups in total. The molecular weight excluding hydrogens is 379 g/mol. The molecule has 2 aromatic rings. The highest BCUT2D eigenvalue weighted by Crippen LogP contribution is 2.47. The van der Waals surface area contributed by atoms with Crippen molar-refractivity contribution in [2.24, 2.45) is 0 Å². The predicted octanol–water partition coefficient (Wildman–Crippen LogP) is 4.53. The number of nitro benzene ring substituents is 3. The Morgan fingerprint density at radius 1 is 0.889 bits per heavy atom. The van der Waals surface area contributed by atoms with Gasteiger partial charge in [0.2, 0.25) is 11.5 Å². The number of benzene rings is 2. The fourth-order valence-electron chi connectivity index (χ4n) is 2.12. The molecule has 142 valence electrons. The SMILES string of the molecule is Cc1ccc(Oc2c([N+](=O)[O-])cc([N+](=O)[O-])cc2C(F)(F)F)c([N+](=O)[O-])c1. The number of rotatable bonds is 5. The van der Waals surface area contributed by atoms with Crippen LogP contribution in [0.4, 0.5) is 30.2 Å². The molecule has 0 aliphatic carbocycles. The minimum Gasteiger partial charge on any atom is -0.442 e. The molecule has 0 fully saturated rings. The van der Waals surface area contributed by atoms with E-state index in [-0.39, 0.29) is 12.1 Å².